The van der Waals surface area contributed by atoms with E-state index in [-0.39, 0.29) is 6.04 Å². The van der Waals surface area contributed by atoms with Crippen molar-refractivity contribution in [1.82, 2.24) is 14.7 Å². The number of ether oxygens (including phenoxy) is 2. The maximum absolute atomic E-state index is 5.60. The number of nitrogens with zero attached hydrogens (tertiary/aromatic N) is 3. The molecule has 0 N–H and O–H groups in total. The van der Waals surface area contributed by atoms with Gasteiger partial charge in [0.15, 0.2) is 8.29 Å². The lowest BCUT2D eigenvalue weighted by molar-refractivity contribution is 0.186. The number of hydrogen-bond donors (Lipinski definition) is 0. The number of hydrogen-bond acceptors (Lipinski definition) is 7. The lowest BCUT2D eigenvalue weighted by Crippen LogP contribution is -2.27. The summed E-state index contributed by atoms with van der Waals surface area (Å²) in [5, 5.41) is 4.71. The third-order valence-corrected chi connectivity index (χ3v) is 7.14. The summed E-state index contributed by atoms with van der Waals surface area (Å²) in [6, 6.07) is 6.30. The van der Waals surface area contributed by atoms with Gasteiger partial charge >= 0.3 is 0 Å². The summed E-state index contributed by atoms with van der Waals surface area (Å²) in [6.45, 7) is 3.93. The third-order valence-electron chi connectivity index (χ3n) is 4.49. The Balaban J connectivity index is 1.81. The van der Waals surface area contributed by atoms with E-state index in [1.165, 1.54) is 5.56 Å². The summed E-state index contributed by atoms with van der Waals surface area (Å²) in [4.78, 5) is 2.43. The highest BCUT2D eigenvalue weighted by Gasteiger charge is 2.29. The number of aromatic nitrogens is 2. The van der Waals surface area contributed by atoms with Crippen molar-refractivity contribution in [1.29, 1.82) is 0 Å². The van der Waals surface area contributed by atoms with Crippen LogP contribution in [0.5, 0.6) is 11.5 Å². The van der Waals surface area contributed by atoms with Gasteiger partial charge in [-0.25, -0.2) is 4.68 Å². The molecule has 1 aliphatic rings. The molecular formula is C18H25N3O2S3. The van der Waals surface area contributed by atoms with Gasteiger partial charge in [0.25, 0.3) is 0 Å². The van der Waals surface area contributed by atoms with Gasteiger partial charge in [0.2, 0.25) is 0 Å². The first kappa shape index (κ1) is 19.7. The Morgan fingerprint density at radius 3 is 2.92 bits per heavy atom. The van der Waals surface area contributed by atoms with E-state index in [4.69, 9.17) is 26.8 Å². The number of rotatable bonds is 8. The van der Waals surface area contributed by atoms with Crippen molar-refractivity contribution in [2.24, 2.45) is 0 Å². The van der Waals surface area contributed by atoms with Crippen molar-refractivity contribution >= 4 is 35.3 Å². The number of thioether (sulfide) groups is 1. The van der Waals surface area contributed by atoms with Crippen molar-refractivity contribution in [2.45, 2.75) is 43.2 Å². The number of methoxy groups -OCH3 is 2. The lowest BCUT2D eigenvalue weighted by Gasteiger charge is -2.26. The van der Waals surface area contributed by atoms with Crippen LogP contribution >= 0.6 is 35.3 Å². The van der Waals surface area contributed by atoms with Gasteiger partial charge in [-0.15, -0.1) is 0 Å². The Morgan fingerprint density at radius 1 is 1.35 bits per heavy atom. The molecule has 0 unspecified atom stereocenters. The molecule has 1 aliphatic heterocycles. The predicted octanol–water partition coefficient (Wildman–Crippen LogP) is 4.99. The van der Waals surface area contributed by atoms with Crippen molar-refractivity contribution in [2.75, 3.05) is 26.5 Å². The minimum absolute atomic E-state index is 0.287. The van der Waals surface area contributed by atoms with E-state index < -0.39 is 0 Å². The molecule has 3 rings (SSSR count). The van der Waals surface area contributed by atoms with E-state index in [0.29, 0.717) is 6.67 Å². The van der Waals surface area contributed by atoms with Crippen molar-refractivity contribution in [3.63, 3.8) is 0 Å². The molecule has 0 radical (unpaired) electrons. The summed E-state index contributed by atoms with van der Waals surface area (Å²) in [5.74, 6) is 2.84. The summed E-state index contributed by atoms with van der Waals surface area (Å²) in [5.41, 5.74) is 1.17. The van der Waals surface area contributed by atoms with Crippen LogP contribution in [0.15, 0.2) is 22.5 Å². The average Bonchev–Trinajstić information content (AvgIpc) is 3.26. The Bertz CT molecular complexity index is 790. The normalized spacial score (nSPS) is 17.6. The zero-order valence-corrected chi connectivity index (χ0v) is 17.9. The SMILES string of the molecule is CCCSc1nn(CN2CCC[C@@H]2c2cc(OC)ccc2OC)c(=S)s1. The van der Waals surface area contributed by atoms with E-state index >= 15 is 0 Å². The van der Waals surface area contributed by atoms with E-state index in [1.54, 1.807) is 37.3 Å². The molecule has 1 atom stereocenters. The van der Waals surface area contributed by atoms with Crippen LogP contribution in [0.4, 0.5) is 0 Å². The summed E-state index contributed by atoms with van der Waals surface area (Å²) >= 11 is 8.93. The van der Waals surface area contributed by atoms with Gasteiger partial charge in [-0.3, -0.25) is 4.90 Å². The van der Waals surface area contributed by atoms with Crippen LogP contribution in [0, 0.1) is 3.95 Å². The first-order valence-electron chi connectivity index (χ1n) is 8.83. The molecule has 0 amide bonds. The standard InChI is InChI=1S/C18H25N3O2S3/c1-4-10-25-17-19-21(18(24)26-17)12-20-9-5-6-15(20)14-11-13(22-2)7-8-16(14)23-3/h7-8,11,15H,4-6,9-10,12H2,1-3H3/t15-/m1/s1. The highest BCUT2D eigenvalue weighted by molar-refractivity contribution is 8.01. The number of likely N-dealkylation sites (tertiary alicyclic amines) is 1. The lowest BCUT2D eigenvalue weighted by atomic mass is 10.0. The molecule has 0 spiro atoms. The maximum Gasteiger partial charge on any atom is 0.181 e. The van der Waals surface area contributed by atoms with Gasteiger partial charge in [0.05, 0.1) is 20.9 Å². The van der Waals surface area contributed by atoms with Gasteiger partial charge in [0, 0.05) is 23.9 Å². The highest BCUT2D eigenvalue weighted by atomic mass is 32.2. The Hall–Kier alpha value is -1.09. The van der Waals surface area contributed by atoms with E-state index in [9.17, 15) is 0 Å². The van der Waals surface area contributed by atoms with Crippen LogP contribution in [0.1, 0.15) is 37.8 Å². The van der Waals surface area contributed by atoms with E-state index in [2.05, 4.69) is 17.9 Å². The fourth-order valence-corrected chi connectivity index (χ4v) is 5.49. The Labute approximate surface area is 168 Å². The second-order valence-electron chi connectivity index (χ2n) is 6.20. The molecule has 1 aromatic heterocycles. The molecule has 5 nitrogen and oxygen atoms in total. The van der Waals surface area contributed by atoms with Gasteiger partial charge in [-0.1, -0.05) is 30.0 Å². The van der Waals surface area contributed by atoms with Crippen LogP contribution < -0.4 is 9.47 Å². The molecule has 2 aromatic rings. The molecule has 0 bridgehead atoms. The van der Waals surface area contributed by atoms with Crippen molar-refractivity contribution < 1.29 is 9.47 Å². The number of benzene rings is 1. The minimum Gasteiger partial charge on any atom is -0.497 e. The second kappa shape index (κ2) is 9.21. The first-order chi connectivity index (χ1) is 12.7. The van der Waals surface area contributed by atoms with Crippen LogP contribution in [0.3, 0.4) is 0 Å². The van der Waals surface area contributed by atoms with Crippen LogP contribution in [-0.4, -0.2) is 41.2 Å². The van der Waals surface area contributed by atoms with Crippen LogP contribution in [0.2, 0.25) is 0 Å². The van der Waals surface area contributed by atoms with Gasteiger partial charge in [-0.05, 0) is 49.7 Å². The Kier molecular flexibility index (Phi) is 6.97. The van der Waals surface area contributed by atoms with Crippen LogP contribution in [0.25, 0.3) is 0 Å². The van der Waals surface area contributed by atoms with Crippen molar-refractivity contribution in [3.8, 4) is 11.5 Å². The van der Waals surface area contributed by atoms with Crippen molar-refractivity contribution in [3.05, 3.63) is 27.7 Å². The molecule has 8 heteroatoms. The highest BCUT2D eigenvalue weighted by Crippen LogP contribution is 2.39. The second-order valence-corrected chi connectivity index (χ2v) is 9.17. The molecule has 0 saturated carbocycles. The fourth-order valence-electron chi connectivity index (χ4n) is 3.24. The smallest absolute Gasteiger partial charge is 0.181 e. The summed E-state index contributed by atoms with van der Waals surface area (Å²) in [6.07, 6.45) is 3.39. The minimum atomic E-state index is 0.287. The third kappa shape index (κ3) is 4.42. The first-order valence-corrected chi connectivity index (χ1v) is 11.0. The topological polar surface area (TPSA) is 39.5 Å². The summed E-state index contributed by atoms with van der Waals surface area (Å²) in [7, 11) is 3.42. The predicted molar refractivity (Wildman–Crippen MR) is 110 cm³/mol. The monoisotopic (exact) mass is 411 g/mol. The molecule has 26 heavy (non-hydrogen) atoms. The summed E-state index contributed by atoms with van der Waals surface area (Å²) < 4.78 is 14.9. The van der Waals surface area contributed by atoms with Gasteiger partial charge in [0.1, 0.15) is 11.5 Å². The molecular weight excluding hydrogens is 386 g/mol. The zero-order valence-electron chi connectivity index (χ0n) is 15.4. The average molecular weight is 412 g/mol. The fraction of sp³-hybridized carbons (Fsp3) is 0.556. The molecule has 0 aliphatic carbocycles. The van der Waals surface area contributed by atoms with E-state index in [0.717, 1.165) is 51.4 Å². The molecule has 1 saturated heterocycles. The van der Waals surface area contributed by atoms with Gasteiger partial charge < -0.3 is 9.47 Å². The molecule has 2 heterocycles. The largest absolute Gasteiger partial charge is 0.497 e. The van der Waals surface area contributed by atoms with Crippen LogP contribution in [-0.2, 0) is 6.67 Å². The molecule has 1 aromatic carbocycles. The molecule has 1 fully saturated rings. The van der Waals surface area contributed by atoms with E-state index in [1.807, 2.05) is 16.8 Å². The maximum atomic E-state index is 5.60. The quantitative estimate of drug-likeness (QED) is 0.450. The molecule has 142 valence electrons. The zero-order chi connectivity index (χ0) is 18.5. The Morgan fingerprint density at radius 2 is 2.19 bits per heavy atom. The van der Waals surface area contributed by atoms with Gasteiger partial charge in [-0.2, -0.15) is 5.10 Å².